The number of aromatic nitrogens is 3. The van der Waals surface area contributed by atoms with Crippen molar-refractivity contribution in [2.45, 2.75) is 37.3 Å². The molecule has 9 heteroatoms. The fourth-order valence-electron chi connectivity index (χ4n) is 2.64. The normalized spacial score (nSPS) is 13.5. The Morgan fingerprint density at radius 3 is 2.57 bits per heavy atom. The number of halogens is 3. The minimum Gasteiger partial charge on any atom is -0.306 e. The topological polar surface area (TPSA) is 71.0 Å². The van der Waals surface area contributed by atoms with Crippen LogP contribution in [-0.4, -0.2) is 24.3 Å². The Bertz CT molecular complexity index is 1110. The summed E-state index contributed by atoms with van der Waals surface area (Å²) in [4.78, 5) is 9.01. The number of pyridine rings is 2. The van der Waals surface area contributed by atoms with Gasteiger partial charge >= 0.3 is 6.18 Å². The van der Waals surface area contributed by atoms with Crippen molar-refractivity contribution in [3.8, 4) is 17.5 Å². The van der Waals surface area contributed by atoms with Gasteiger partial charge in [-0.15, -0.1) is 0 Å². The molecule has 0 bridgehead atoms. The highest BCUT2D eigenvalue weighted by Gasteiger charge is 2.31. The van der Waals surface area contributed by atoms with Gasteiger partial charge in [0.05, 0.1) is 32.7 Å². The number of fused-ring (bicyclic) bond motifs is 1. The SMILES string of the molecule is CCS(=O)c1cc(C(C)(C)C#N)cnc1-c1cn2ccc(C(F)(F)F)cc2n1. The Hall–Kier alpha value is -2.73. The molecule has 3 aromatic heterocycles. The summed E-state index contributed by atoms with van der Waals surface area (Å²) in [7, 11) is -1.39. The Labute approximate surface area is 162 Å². The van der Waals surface area contributed by atoms with Gasteiger partial charge in [0.25, 0.3) is 0 Å². The van der Waals surface area contributed by atoms with Crippen LogP contribution in [0.2, 0.25) is 0 Å². The zero-order valence-corrected chi connectivity index (χ0v) is 16.2. The minimum atomic E-state index is -4.47. The van der Waals surface area contributed by atoms with Crippen LogP contribution >= 0.6 is 0 Å². The van der Waals surface area contributed by atoms with Crippen molar-refractivity contribution in [1.82, 2.24) is 14.4 Å². The second-order valence-corrected chi connectivity index (χ2v) is 8.45. The van der Waals surface area contributed by atoms with E-state index in [4.69, 9.17) is 0 Å². The summed E-state index contributed by atoms with van der Waals surface area (Å²) in [6, 6.07) is 5.76. The molecule has 28 heavy (non-hydrogen) atoms. The minimum absolute atomic E-state index is 0.112. The van der Waals surface area contributed by atoms with Crippen LogP contribution in [0.5, 0.6) is 0 Å². The Morgan fingerprint density at radius 1 is 1.25 bits per heavy atom. The number of hydrogen-bond donors (Lipinski definition) is 0. The van der Waals surface area contributed by atoms with E-state index in [0.29, 0.717) is 27.6 Å². The third kappa shape index (κ3) is 3.64. The van der Waals surface area contributed by atoms with Gasteiger partial charge in [0, 0.05) is 24.3 Å². The molecule has 0 saturated carbocycles. The van der Waals surface area contributed by atoms with Gasteiger partial charge in [-0.25, -0.2) is 4.98 Å². The molecular formula is C19H17F3N4OS. The predicted octanol–water partition coefficient (Wildman–Crippen LogP) is 4.34. The number of nitrogens with zero attached hydrogens (tertiary/aromatic N) is 4. The number of nitriles is 1. The van der Waals surface area contributed by atoms with Gasteiger partial charge in [0.2, 0.25) is 0 Å². The average Bonchev–Trinajstić information content (AvgIpc) is 3.09. The average molecular weight is 406 g/mol. The Balaban J connectivity index is 2.17. The van der Waals surface area contributed by atoms with E-state index in [0.717, 1.165) is 12.1 Å². The molecule has 1 unspecified atom stereocenters. The van der Waals surface area contributed by atoms with E-state index in [1.165, 1.54) is 16.8 Å². The van der Waals surface area contributed by atoms with E-state index >= 15 is 0 Å². The van der Waals surface area contributed by atoms with Gasteiger partial charge in [-0.05, 0) is 37.6 Å². The van der Waals surface area contributed by atoms with E-state index in [-0.39, 0.29) is 5.65 Å². The van der Waals surface area contributed by atoms with Crippen molar-refractivity contribution in [2.24, 2.45) is 0 Å². The van der Waals surface area contributed by atoms with Crippen molar-refractivity contribution < 1.29 is 17.4 Å². The summed E-state index contributed by atoms with van der Waals surface area (Å²) in [5.41, 5.74) is -0.250. The first-order chi connectivity index (χ1) is 13.1. The highest BCUT2D eigenvalue weighted by Crippen LogP contribution is 2.32. The molecule has 5 nitrogen and oxygen atoms in total. The van der Waals surface area contributed by atoms with Gasteiger partial charge < -0.3 is 4.40 Å². The number of rotatable bonds is 4. The molecule has 3 heterocycles. The van der Waals surface area contributed by atoms with E-state index in [1.54, 1.807) is 33.0 Å². The molecule has 0 spiro atoms. The number of imidazole rings is 1. The smallest absolute Gasteiger partial charge is 0.306 e. The van der Waals surface area contributed by atoms with Crippen LogP contribution in [0.1, 0.15) is 31.9 Å². The predicted molar refractivity (Wildman–Crippen MR) is 99.0 cm³/mol. The van der Waals surface area contributed by atoms with Gasteiger partial charge in [-0.2, -0.15) is 18.4 Å². The molecule has 3 rings (SSSR count). The van der Waals surface area contributed by atoms with Gasteiger partial charge in [0.1, 0.15) is 17.0 Å². The van der Waals surface area contributed by atoms with Gasteiger partial charge in [0.15, 0.2) is 0 Å². The first-order valence-electron chi connectivity index (χ1n) is 8.43. The van der Waals surface area contributed by atoms with E-state index in [9.17, 15) is 22.6 Å². The van der Waals surface area contributed by atoms with E-state index in [1.807, 2.05) is 0 Å². The third-order valence-electron chi connectivity index (χ3n) is 4.39. The van der Waals surface area contributed by atoms with Crippen LogP contribution in [0.15, 0.2) is 41.7 Å². The number of hydrogen-bond acceptors (Lipinski definition) is 4. The van der Waals surface area contributed by atoms with Crippen LogP contribution in [-0.2, 0) is 22.4 Å². The molecule has 0 radical (unpaired) electrons. The zero-order chi connectivity index (χ0) is 20.7. The maximum Gasteiger partial charge on any atom is 0.416 e. The Kier molecular flexibility index (Phi) is 5.02. The molecule has 0 aliphatic rings. The van der Waals surface area contributed by atoms with Gasteiger partial charge in [-0.1, -0.05) is 6.92 Å². The van der Waals surface area contributed by atoms with Crippen molar-refractivity contribution in [1.29, 1.82) is 5.26 Å². The summed E-state index contributed by atoms with van der Waals surface area (Å²) in [5, 5.41) is 9.35. The monoisotopic (exact) mass is 406 g/mol. The van der Waals surface area contributed by atoms with Crippen LogP contribution in [0, 0.1) is 11.3 Å². The third-order valence-corrected chi connectivity index (χ3v) is 5.72. The van der Waals surface area contributed by atoms with Crippen molar-refractivity contribution in [3.63, 3.8) is 0 Å². The lowest BCUT2D eigenvalue weighted by Crippen LogP contribution is -2.15. The van der Waals surface area contributed by atoms with E-state index in [2.05, 4.69) is 16.0 Å². The highest BCUT2D eigenvalue weighted by molar-refractivity contribution is 7.85. The van der Waals surface area contributed by atoms with Crippen molar-refractivity contribution in [3.05, 3.63) is 47.9 Å². The molecular weight excluding hydrogens is 389 g/mol. The molecule has 0 fully saturated rings. The highest BCUT2D eigenvalue weighted by atomic mass is 32.2. The second-order valence-electron chi connectivity index (χ2n) is 6.75. The summed E-state index contributed by atoms with van der Waals surface area (Å²) >= 11 is 0. The zero-order valence-electron chi connectivity index (χ0n) is 15.4. The summed E-state index contributed by atoms with van der Waals surface area (Å²) in [6.45, 7) is 5.21. The second kappa shape index (κ2) is 7.02. The molecule has 0 aliphatic heterocycles. The molecule has 146 valence electrons. The van der Waals surface area contributed by atoms with Crippen LogP contribution < -0.4 is 0 Å². The largest absolute Gasteiger partial charge is 0.416 e. The first kappa shape index (κ1) is 20.0. The molecule has 0 amide bonds. The molecule has 1 atom stereocenters. The molecule has 3 aromatic rings. The maximum absolute atomic E-state index is 12.9. The fourth-order valence-corrected chi connectivity index (χ4v) is 3.59. The summed E-state index contributed by atoms with van der Waals surface area (Å²) < 4.78 is 52.8. The molecule has 0 saturated heterocycles. The van der Waals surface area contributed by atoms with Crippen LogP contribution in [0.4, 0.5) is 13.2 Å². The standard InChI is InChI=1S/C19H17F3N4OS/c1-4-28(27)15-7-13(18(2,3)11-23)9-24-17(15)14-10-26-6-5-12(19(20,21)22)8-16(26)25-14/h5-10H,4H2,1-3H3. The quantitative estimate of drug-likeness (QED) is 0.646. The first-order valence-corrected chi connectivity index (χ1v) is 9.75. The lowest BCUT2D eigenvalue weighted by molar-refractivity contribution is -0.137. The van der Waals surface area contributed by atoms with Crippen molar-refractivity contribution >= 4 is 16.4 Å². The van der Waals surface area contributed by atoms with Crippen LogP contribution in [0.25, 0.3) is 17.0 Å². The fraction of sp³-hybridized carbons (Fsp3) is 0.316. The molecule has 0 N–H and O–H groups in total. The van der Waals surface area contributed by atoms with Crippen molar-refractivity contribution in [2.75, 3.05) is 5.75 Å². The maximum atomic E-state index is 12.9. The molecule has 0 aromatic carbocycles. The van der Waals surface area contributed by atoms with E-state index < -0.39 is 28.0 Å². The Morgan fingerprint density at radius 2 is 1.96 bits per heavy atom. The lowest BCUT2D eigenvalue weighted by atomic mass is 9.87. The summed E-state index contributed by atoms with van der Waals surface area (Å²) in [6.07, 6.45) is -0.132. The van der Waals surface area contributed by atoms with Crippen LogP contribution in [0.3, 0.4) is 0 Å². The molecule has 0 aliphatic carbocycles. The summed E-state index contributed by atoms with van der Waals surface area (Å²) in [5.74, 6) is 0.330. The van der Waals surface area contributed by atoms with Gasteiger partial charge in [-0.3, -0.25) is 9.19 Å². The number of alkyl halides is 3. The lowest BCUT2D eigenvalue weighted by Gasteiger charge is -2.17.